The molecule has 6 heteroatoms. The van der Waals surface area contributed by atoms with Crippen LogP contribution in [0.5, 0.6) is 0 Å². The van der Waals surface area contributed by atoms with E-state index in [1.807, 2.05) is 6.92 Å². The molecular weight excluding hydrogens is 240 g/mol. The van der Waals surface area contributed by atoms with Gasteiger partial charge in [0.05, 0.1) is 12.7 Å². The average Bonchev–Trinajstić information content (AvgIpc) is 2.66. The molecule has 0 saturated heterocycles. The largest absolute Gasteiger partial charge is 0.465 e. The summed E-state index contributed by atoms with van der Waals surface area (Å²) < 4.78 is 4.65. The number of hydrogen-bond acceptors (Lipinski definition) is 5. The lowest BCUT2D eigenvalue weighted by Crippen LogP contribution is -2.14. The summed E-state index contributed by atoms with van der Waals surface area (Å²) in [6.45, 7) is 2.34. The zero-order valence-corrected chi connectivity index (χ0v) is 10.7. The molecule has 0 aliphatic heterocycles. The fraction of sp³-hybridized carbons (Fsp3) is 0.455. The molecule has 0 aliphatic rings. The number of carbonyl (C=O) groups is 2. The minimum absolute atomic E-state index is 0.137. The molecule has 3 N–H and O–H groups in total. The standard InChI is InChI=1S/C11H16N2O3S/c1-7-6-8(11(15)16-2)10(17-7)13-9(14)4-3-5-12/h6H,3-5,12H2,1-2H3,(H,13,14). The van der Waals surface area contributed by atoms with Crippen LogP contribution in [0.1, 0.15) is 28.1 Å². The first-order valence-corrected chi connectivity index (χ1v) is 6.08. The lowest BCUT2D eigenvalue weighted by atomic mass is 10.2. The maximum atomic E-state index is 11.5. The quantitative estimate of drug-likeness (QED) is 0.783. The van der Waals surface area contributed by atoms with Crippen LogP contribution in [0, 0.1) is 6.92 Å². The van der Waals surface area contributed by atoms with Gasteiger partial charge in [0.15, 0.2) is 0 Å². The fourth-order valence-corrected chi connectivity index (χ4v) is 2.24. The Balaban J connectivity index is 2.76. The van der Waals surface area contributed by atoms with E-state index in [-0.39, 0.29) is 5.91 Å². The highest BCUT2D eigenvalue weighted by Crippen LogP contribution is 2.28. The normalized spacial score (nSPS) is 10.1. The number of carbonyl (C=O) groups excluding carboxylic acids is 2. The van der Waals surface area contributed by atoms with E-state index in [0.29, 0.717) is 30.0 Å². The molecule has 0 radical (unpaired) electrons. The molecule has 1 rings (SSSR count). The SMILES string of the molecule is COC(=O)c1cc(C)sc1NC(=O)CCCN. The van der Waals surface area contributed by atoms with E-state index in [9.17, 15) is 9.59 Å². The van der Waals surface area contributed by atoms with E-state index in [1.54, 1.807) is 6.07 Å². The van der Waals surface area contributed by atoms with Crippen molar-refractivity contribution in [2.75, 3.05) is 19.0 Å². The number of aryl methyl sites for hydroxylation is 1. The van der Waals surface area contributed by atoms with Crippen LogP contribution in [0.3, 0.4) is 0 Å². The van der Waals surface area contributed by atoms with Gasteiger partial charge < -0.3 is 15.8 Å². The van der Waals surface area contributed by atoms with Crippen molar-refractivity contribution in [3.8, 4) is 0 Å². The van der Waals surface area contributed by atoms with Gasteiger partial charge in [0.1, 0.15) is 5.00 Å². The van der Waals surface area contributed by atoms with Crippen LogP contribution < -0.4 is 11.1 Å². The first-order chi connectivity index (χ1) is 8.08. The van der Waals surface area contributed by atoms with Crippen molar-refractivity contribution in [2.24, 2.45) is 5.73 Å². The van der Waals surface area contributed by atoms with Gasteiger partial charge in [-0.2, -0.15) is 0 Å². The molecule has 94 valence electrons. The van der Waals surface area contributed by atoms with Gasteiger partial charge in [-0.1, -0.05) is 0 Å². The third-order valence-electron chi connectivity index (χ3n) is 2.12. The Labute approximate surface area is 104 Å². The number of thiophene rings is 1. The molecule has 1 heterocycles. The molecular formula is C11H16N2O3S. The van der Waals surface area contributed by atoms with Gasteiger partial charge in [-0.3, -0.25) is 4.79 Å². The summed E-state index contributed by atoms with van der Waals surface area (Å²) in [4.78, 5) is 23.9. The topological polar surface area (TPSA) is 81.4 Å². The lowest BCUT2D eigenvalue weighted by Gasteiger charge is -2.04. The van der Waals surface area contributed by atoms with Crippen LogP contribution in [0.25, 0.3) is 0 Å². The van der Waals surface area contributed by atoms with Crippen LogP contribution in [0.2, 0.25) is 0 Å². The molecule has 0 unspecified atom stereocenters. The van der Waals surface area contributed by atoms with Gasteiger partial charge in [-0.05, 0) is 26.0 Å². The third-order valence-corrected chi connectivity index (χ3v) is 3.09. The smallest absolute Gasteiger partial charge is 0.340 e. The zero-order chi connectivity index (χ0) is 12.8. The summed E-state index contributed by atoms with van der Waals surface area (Å²) in [5.74, 6) is -0.578. The Morgan fingerprint density at radius 3 is 2.82 bits per heavy atom. The number of amides is 1. The van der Waals surface area contributed by atoms with Crippen LogP contribution in [-0.4, -0.2) is 25.5 Å². The second-order valence-corrected chi connectivity index (χ2v) is 4.79. The van der Waals surface area contributed by atoms with Crippen LogP contribution in [0.15, 0.2) is 6.07 Å². The Morgan fingerprint density at radius 2 is 2.24 bits per heavy atom. The summed E-state index contributed by atoms with van der Waals surface area (Å²) in [6, 6.07) is 1.70. The number of rotatable bonds is 5. The van der Waals surface area contributed by atoms with Gasteiger partial charge in [0, 0.05) is 11.3 Å². The minimum Gasteiger partial charge on any atom is -0.465 e. The molecule has 0 bridgehead atoms. The van der Waals surface area contributed by atoms with E-state index < -0.39 is 5.97 Å². The Hall–Kier alpha value is -1.40. The average molecular weight is 256 g/mol. The monoisotopic (exact) mass is 256 g/mol. The highest BCUT2D eigenvalue weighted by Gasteiger charge is 2.16. The Bertz CT molecular complexity index is 415. The maximum absolute atomic E-state index is 11.5. The summed E-state index contributed by atoms with van der Waals surface area (Å²) in [5, 5.41) is 3.24. The first-order valence-electron chi connectivity index (χ1n) is 5.27. The fourth-order valence-electron chi connectivity index (χ4n) is 1.32. The number of anilines is 1. The second-order valence-electron chi connectivity index (χ2n) is 3.53. The summed E-state index contributed by atoms with van der Waals surface area (Å²) in [6.07, 6.45) is 0.984. The minimum atomic E-state index is -0.441. The van der Waals surface area contributed by atoms with E-state index in [1.165, 1.54) is 18.4 Å². The predicted octanol–water partition coefficient (Wildman–Crippen LogP) is 1.52. The molecule has 0 saturated carbocycles. The molecule has 0 aliphatic carbocycles. The number of nitrogens with one attached hydrogen (secondary N) is 1. The number of esters is 1. The highest BCUT2D eigenvalue weighted by atomic mass is 32.1. The number of hydrogen-bond donors (Lipinski definition) is 2. The molecule has 0 fully saturated rings. The summed E-state index contributed by atoms with van der Waals surface area (Å²) in [7, 11) is 1.31. The van der Waals surface area contributed by atoms with E-state index in [4.69, 9.17) is 5.73 Å². The lowest BCUT2D eigenvalue weighted by molar-refractivity contribution is -0.116. The molecule has 5 nitrogen and oxygen atoms in total. The van der Waals surface area contributed by atoms with E-state index in [0.717, 1.165) is 4.88 Å². The molecule has 17 heavy (non-hydrogen) atoms. The number of ether oxygens (including phenoxy) is 1. The van der Waals surface area contributed by atoms with Crippen molar-refractivity contribution in [1.29, 1.82) is 0 Å². The first kappa shape index (κ1) is 13.7. The van der Waals surface area contributed by atoms with Crippen molar-refractivity contribution < 1.29 is 14.3 Å². The highest BCUT2D eigenvalue weighted by molar-refractivity contribution is 7.16. The summed E-state index contributed by atoms with van der Waals surface area (Å²) in [5.41, 5.74) is 5.72. The summed E-state index contributed by atoms with van der Waals surface area (Å²) >= 11 is 1.36. The van der Waals surface area contributed by atoms with E-state index in [2.05, 4.69) is 10.1 Å². The molecule has 1 aromatic rings. The molecule has 0 atom stereocenters. The molecule has 0 aromatic carbocycles. The van der Waals surface area contributed by atoms with Gasteiger partial charge in [0.2, 0.25) is 5.91 Å². The number of nitrogens with two attached hydrogens (primary N) is 1. The van der Waals surface area contributed by atoms with Crippen LogP contribution >= 0.6 is 11.3 Å². The maximum Gasteiger partial charge on any atom is 0.340 e. The Kier molecular flexibility index (Phi) is 5.11. The van der Waals surface area contributed by atoms with Gasteiger partial charge in [0.25, 0.3) is 0 Å². The molecule has 1 amide bonds. The van der Waals surface area contributed by atoms with Gasteiger partial charge in [-0.25, -0.2) is 4.79 Å². The van der Waals surface area contributed by atoms with E-state index >= 15 is 0 Å². The second kappa shape index (κ2) is 6.36. The third kappa shape index (κ3) is 3.83. The van der Waals surface area contributed by atoms with Crippen molar-refractivity contribution in [2.45, 2.75) is 19.8 Å². The zero-order valence-electron chi connectivity index (χ0n) is 9.91. The van der Waals surface area contributed by atoms with Gasteiger partial charge in [-0.15, -0.1) is 11.3 Å². The Morgan fingerprint density at radius 1 is 1.53 bits per heavy atom. The van der Waals surface area contributed by atoms with Crippen molar-refractivity contribution in [3.05, 3.63) is 16.5 Å². The predicted molar refractivity (Wildman–Crippen MR) is 67.3 cm³/mol. The van der Waals surface area contributed by atoms with Gasteiger partial charge >= 0.3 is 5.97 Å². The van der Waals surface area contributed by atoms with Crippen molar-refractivity contribution in [3.63, 3.8) is 0 Å². The van der Waals surface area contributed by atoms with Crippen LogP contribution in [-0.2, 0) is 9.53 Å². The van der Waals surface area contributed by atoms with Crippen molar-refractivity contribution in [1.82, 2.24) is 0 Å². The van der Waals surface area contributed by atoms with Crippen LogP contribution in [0.4, 0.5) is 5.00 Å². The number of methoxy groups -OCH3 is 1. The molecule has 0 spiro atoms. The molecule has 1 aromatic heterocycles. The van der Waals surface area contributed by atoms with Crippen molar-refractivity contribution >= 4 is 28.2 Å².